The van der Waals surface area contributed by atoms with Crippen LogP contribution in [0.15, 0.2) is 0 Å². The van der Waals surface area contributed by atoms with Crippen LogP contribution in [0, 0.1) is 16.7 Å². The van der Waals surface area contributed by atoms with Crippen molar-refractivity contribution in [2.75, 3.05) is 12.9 Å². The van der Waals surface area contributed by atoms with Gasteiger partial charge in [0.05, 0.1) is 12.7 Å². The van der Waals surface area contributed by atoms with Crippen LogP contribution < -0.4 is 5.32 Å². The van der Waals surface area contributed by atoms with E-state index in [1.54, 1.807) is 0 Å². The van der Waals surface area contributed by atoms with Crippen molar-refractivity contribution in [1.29, 1.82) is 5.26 Å². The van der Waals surface area contributed by atoms with E-state index in [1.165, 1.54) is 11.8 Å². The summed E-state index contributed by atoms with van der Waals surface area (Å²) in [6, 6.07) is 1.94. The zero-order valence-corrected chi connectivity index (χ0v) is 9.80. The third-order valence-electron chi connectivity index (χ3n) is 2.80. The van der Waals surface area contributed by atoms with Gasteiger partial charge < -0.3 is 10.4 Å². The first-order valence-electron chi connectivity index (χ1n) is 4.95. The number of nitrogens with one attached hydrogen (secondary N) is 1. The number of hydrogen-bond donors (Lipinski definition) is 2. The van der Waals surface area contributed by atoms with Crippen molar-refractivity contribution in [2.45, 2.75) is 31.1 Å². The molecule has 0 radical (unpaired) electrons. The lowest BCUT2D eigenvalue weighted by molar-refractivity contribution is -0.125. The van der Waals surface area contributed by atoms with Crippen LogP contribution in [0.1, 0.15) is 19.8 Å². The predicted octanol–water partition coefficient (Wildman–Crippen LogP) is 0.519. The first kappa shape index (κ1) is 12.3. The van der Waals surface area contributed by atoms with Crippen molar-refractivity contribution in [3.63, 3.8) is 0 Å². The summed E-state index contributed by atoms with van der Waals surface area (Å²) < 4.78 is 0. The molecule has 84 valence electrons. The van der Waals surface area contributed by atoms with Gasteiger partial charge in [-0.2, -0.15) is 17.0 Å². The Morgan fingerprint density at radius 1 is 1.73 bits per heavy atom. The fourth-order valence-corrected chi connectivity index (χ4v) is 2.01. The summed E-state index contributed by atoms with van der Waals surface area (Å²) >= 11 is 1.51. The first-order valence-corrected chi connectivity index (χ1v) is 6.24. The molecule has 0 aromatic heterocycles. The average Bonchev–Trinajstić information content (AvgIpc) is 3.00. The van der Waals surface area contributed by atoms with Crippen LogP contribution in [0.5, 0.6) is 0 Å². The highest BCUT2D eigenvalue weighted by atomic mass is 32.2. The second-order valence-corrected chi connectivity index (χ2v) is 4.99. The Balaban J connectivity index is 2.48. The number of aliphatic hydroxyl groups is 1. The van der Waals surface area contributed by atoms with E-state index in [0.29, 0.717) is 12.8 Å². The Morgan fingerprint density at radius 3 is 2.67 bits per heavy atom. The SMILES string of the molecule is CSC(CO)C(C)NC(=O)C1(C#N)CC1. The highest BCUT2D eigenvalue weighted by Gasteiger charge is 2.51. The van der Waals surface area contributed by atoms with Gasteiger partial charge in [-0.05, 0) is 26.0 Å². The highest BCUT2D eigenvalue weighted by molar-refractivity contribution is 7.99. The number of rotatable bonds is 5. The number of thioether (sulfide) groups is 1. The quantitative estimate of drug-likeness (QED) is 0.719. The molecule has 0 bridgehead atoms. The summed E-state index contributed by atoms with van der Waals surface area (Å²) in [5, 5.41) is 20.7. The van der Waals surface area contributed by atoms with E-state index in [-0.39, 0.29) is 23.8 Å². The minimum Gasteiger partial charge on any atom is -0.395 e. The molecule has 0 aliphatic heterocycles. The molecule has 1 saturated carbocycles. The van der Waals surface area contributed by atoms with Crippen molar-refractivity contribution in [3.05, 3.63) is 0 Å². The standard InChI is InChI=1S/C10H16N2O2S/c1-7(8(5-13)15-2)12-9(14)10(6-11)3-4-10/h7-8,13H,3-5H2,1-2H3,(H,12,14). The summed E-state index contributed by atoms with van der Waals surface area (Å²) in [5.74, 6) is -0.190. The van der Waals surface area contributed by atoms with E-state index in [0.717, 1.165) is 0 Å². The smallest absolute Gasteiger partial charge is 0.240 e. The van der Waals surface area contributed by atoms with Crippen LogP contribution >= 0.6 is 11.8 Å². The van der Waals surface area contributed by atoms with Crippen LogP contribution in [0.2, 0.25) is 0 Å². The van der Waals surface area contributed by atoms with Gasteiger partial charge >= 0.3 is 0 Å². The molecule has 0 aromatic carbocycles. The lowest BCUT2D eigenvalue weighted by Gasteiger charge is -2.22. The molecule has 2 unspecified atom stereocenters. The van der Waals surface area contributed by atoms with E-state index in [4.69, 9.17) is 10.4 Å². The van der Waals surface area contributed by atoms with Gasteiger partial charge in [-0.1, -0.05) is 0 Å². The van der Waals surface area contributed by atoms with Gasteiger partial charge in [-0.3, -0.25) is 4.79 Å². The number of nitriles is 1. The van der Waals surface area contributed by atoms with E-state index >= 15 is 0 Å². The second kappa shape index (κ2) is 4.86. The largest absolute Gasteiger partial charge is 0.395 e. The van der Waals surface area contributed by atoms with Gasteiger partial charge in [-0.25, -0.2) is 0 Å². The van der Waals surface area contributed by atoms with Crippen LogP contribution in [0.4, 0.5) is 0 Å². The fourth-order valence-electron chi connectivity index (χ4n) is 1.39. The number of aliphatic hydroxyl groups excluding tert-OH is 1. The Bertz CT molecular complexity index is 280. The van der Waals surface area contributed by atoms with Crippen LogP contribution in [-0.4, -0.2) is 35.2 Å². The molecule has 0 saturated heterocycles. The van der Waals surface area contributed by atoms with Gasteiger partial charge in [0.15, 0.2) is 0 Å². The Kier molecular flexibility index (Phi) is 4.00. The molecular formula is C10H16N2O2S. The Labute approximate surface area is 94.0 Å². The number of carbonyl (C=O) groups excluding carboxylic acids is 1. The van der Waals surface area contributed by atoms with E-state index in [1.807, 2.05) is 13.2 Å². The van der Waals surface area contributed by atoms with Gasteiger partial charge in [0.1, 0.15) is 5.41 Å². The molecule has 0 aromatic rings. The Hall–Kier alpha value is -0.730. The van der Waals surface area contributed by atoms with Gasteiger partial charge in [0.25, 0.3) is 0 Å². The number of amides is 1. The summed E-state index contributed by atoms with van der Waals surface area (Å²) in [4.78, 5) is 11.7. The number of hydrogen-bond acceptors (Lipinski definition) is 4. The van der Waals surface area contributed by atoms with Crippen molar-refractivity contribution < 1.29 is 9.90 Å². The minimum absolute atomic E-state index is 0.0107. The molecule has 1 rings (SSSR count). The van der Waals surface area contributed by atoms with Gasteiger partial charge in [0, 0.05) is 11.3 Å². The van der Waals surface area contributed by atoms with Crippen LogP contribution in [0.3, 0.4) is 0 Å². The average molecular weight is 228 g/mol. The zero-order chi connectivity index (χ0) is 11.5. The molecule has 4 nitrogen and oxygen atoms in total. The topological polar surface area (TPSA) is 73.1 Å². The molecular weight excluding hydrogens is 212 g/mol. The Morgan fingerprint density at radius 2 is 2.33 bits per heavy atom. The van der Waals surface area contributed by atoms with E-state index < -0.39 is 5.41 Å². The normalized spacial score (nSPS) is 21.2. The molecule has 0 heterocycles. The van der Waals surface area contributed by atoms with E-state index in [9.17, 15) is 4.79 Å². The molecule has 2 atom stereocenters. The second-order valence-electron chi connectivity index (χ2n) is 3.91. The number of nitrogens with zero attached hydrogens (tertiary/aromatic N) is 1. The summed E-state index contributed by atoms with van der Waals surface area (Å²) in [6.45, 7) is 1.88. The maximum Gasteiger partial charge on any atom is 0.240 e. The molecule has 1 aliphatic carbocycles. The third kappa shape index (κ3) is 2.64. The van der Waals surface area contributed by atoms with Crippen molar-refractivity contribution in [3.8, 4) is 6.07 Å². The lowest BCUT2D eigenvalue weighted by atomic mass is 10.1. The minimum atomic E-state index is -0.771. The molecule has 1 fully saturated rings. The van der Waals surface area contributed by atoms with Crippen molar-refractivity contribution >= 4 is 17.7 Å². The van der Waals surface area contributed by atoms with Crippen LogP contribution in [-0.2, 0) is 4.79 Å². The molecule has 1 amide bonds. The summed E-state index contributed by atoms with van der Waals surface area (Å²) in [5.41, 5.74) is -0.771. The van der Waals surface area contributed by atoms with Gasteiger partial charge in [-0.15, -0.1) is 0 Å². The molecule has 15 heavy (non-hydrogen) atoms. The molecule has 0 spiro atoms. The molecule has 2 N–H and O–H groups in total. The third-order valence-corrected chi connectivity index (χ3v) is 3.96. The van der Waals surface area contributed by atoms with Gasteiger partial charge in [0.2, 0.25) is 5.91 Å². The maximum atomic E-state index is 11.7. The van der Waals surface area contributed by atoms with Crippen LogP contribution in [0.25, 0.3) is 0 Å². The fraction of sp³-hybridized carbons (Fsp3) is 0.800. The molecule has 5 heteroatoms. The number of carbonyl (C=O) groups is 1. The highest BCUT2D eigenvalue weighted by Crippen LogP contribution is 2.45. The van der Waals surface area contributed by atoms with Crippen molar-refractivity contribution in [2.24, 2.45) is 5.41 Å². The lowest BCUT2D eigenvalue weighted by Crippen LogP contribution is -2.44. The molecule has 1 aliphatic rings. The first-order chi connectivity index (χ1) is 7.09. The zero-order valence-electron chi connectivity index (χ0n) is 8.99. The monoisotopic (exact) mass is 228 g/mol. The maximum absolute atomic E-state index is 11.7. The van der Waals surface area contributed by atoms with E-state index in [2.05, 4.69) is 11.4 Å². The van der Waals surface area contributed by atoms with Crippen molar-refractivity contribution in [1.82, 2.24) is 5.32 Å². The summed E-state index contributed by atoms with van der Waals surface area (Å²) in [6.07, 6.45) is 3.21. The predicted molar refractivity (Wildman–Crippen MR) is 59.3 cm³/mol. The summed E-state index contributed by atoms with van der Waals surface area (Å²) in [7, 11) is 0.